The first-order valence-electron chi connectivity index (χ1n) is 6.40. The number of aryl methyl sites for hydroxylation is 1. The quantitative estimate of drug-likeness (QED) is 0.836. The molecule has 1 aromatic rings. The number of hydrogen-bond acceptors (Lipinski definition) is 3. The highest BCUT2D eigenvalue weighted by Gasteiger charge is 2.30. The first kappa shape index (κ1) is 13.5. The molecule has 18 heavy (non-hydrogen) atoms. The number of piperidine rings is 1. The van der Waals surface area contributed by atoms with Gasteiger partial charge in [-0.15, -0.1) is 0 Å². The lowest BCUT2D eigenvalue weighted by Gasteiger charge is -2.32. The number of rotatable bonds is 3. The summed E-state index contributed by atoms with van der Waals surface area (Å²) < 4.78 is 27.8. The largest absolute Gasteiger partial charge is 0.274 e. The molecular formula is C12H21N3O2S. The molecule has 0 spiro atoms. The van der Waals surface area contributed by atoms with Crippen LogP contribution in [0.15, 0.2) is 17.3 Å². The fourth-order valence-corrected chi connectivity index (χ4v) is 3.92. The number of aromatic nitrogens is 2. The minimum absolute atomic E-state index is 0.299. The molecule has 0 saturated carbocycles. The Labute approximate surface area is 109 Å². The smallest absolute Gasteiger partial charge is 0.246 e. The third kappa shape index (κ3) is 2.59. The zero-order valence-corrected chi connectivity index (χ0v) is 12.0. The summed E-state index contributed by atoms with van der Waals surface area (Å²) in [7, 11) is -1.61. The first-order valence-corrected chi connectivity index (χ1v) is 7.84. The first-order chi connectivity index (χ1) is 8.41. The van der Waals surface area contributed by atoms with E-state index >= 15 is 0 Å². The Kier molecular flexibility index (Phi) is 3.77. The van der Waals surface area contributed by atoms with Crippen molar-refractivity contribution in [1.29, 1.82) is 0 Å². The van der Waals surface area contributed by atoms with E-state index in [-0.39, 0.29) is 0 Å². The number of nitrogens with zero attached hydrogens (tertiary/aromatic N) is 3. The minimum Gasteiger partial charge on any atom is -0.274 e. The summed E-state index contributed by atoms with van der Waals surface area (Å²) >= 11 is 0. The molecule has 2 heterocycles. The van der Waals surface area contributed by atoms with Crippen molar-refractivity contribution in [2.45, 2.75) is 31.6 Å². The average Bonchev–Trinajstić information content (AvgIpc) is 2.76. The van der Waals surface area contributed by atoms with E-state index in [1.54, 1.807) is 17.5 Å². The van der Waals surface area contributed by atoms with Crippen molar-refractivity contribution in [1.82, 2.24) is 14.1 Å². The van der Waals surface area contributed by atoms with Gasteiger partial charge in [0.15, 0.2) is 0 Å². The maximum Gasteiger partial charge on any atom is 0.246 e. The van der Waals surface area contributed by atoms with Gasteiger partial charge in [-0.2, -0.15) is 9.40 Å². The van der Waals surface area contributed by atoms with Crippen LogP contribution in [0.5, 0.6) is 0 Å². The molecule has 1 aliphatic heterocycles. The molecular weight excluding hydrogens is 250 g/mol. The van der Waals surface area contributed by atoms with Crippen LogP contribution in [-0.4, -0.2) is 35.6 Å². The van der Waals surface area contributed by atoms with E-state index in [1.165, 1.54) is 10.9 Å². The minimum atomic E-state index is -3.34. The van der Waals surface area contributed by atoms with Gasteiger partial charge in [-0.1, -0.05) is 13.8 Å². The molecule has 6 heteroatoms. The van der Waals surface area contributed by atoms with Crippen molar-refractivity contribution in [2.75, 3.05) is 13.1 Å². The molecule has 1 fully saturated rings. The second-order valence-corrected chi connectivity index (χ2v) is 7.27. The average molecular weight is 271 g/mol. The Morgan fingerprint density at radius 1 is 1.33 bits per heavy atom. The summed E-state index contributed by atoms with van der Waals surface area (Å²) in [6.45, 7) is 5.66. The number of sulfonamides is 1. The lowest BCUT2D eigenvalue weighted by molar-refractivity contribution is 0.226. The van der Waals surface area contributed by atoms with Crippen molar-refractivity contribution >= 4 is 10.0 Å². The van der Waals surface area contributed by atoms with Crippen LogP contribution in [0.3, 0.4) is 0 Å². The molecule has 0 atom stereocenters. The maximum absolute atomic E-state index is 12.3. The topological polar surface area (TPSA) is 55.2 Å². The van der Waals surface area contributed by atoms with Gasteiger partial charge in [0.05, 0.1) is 6.20 Å². The van der Waals surface area contributed by atoms with E-state index in [9.17, 15) is 8.42 Å². The Morgan fingerprint density at radius 2 is 1.94 bits per heavy atom. The Morgan fingerprint density at radius 3 is 2.39 bits per heavy atom. The predicted octanol–water partition coefficient (Wildman–Crippen LogP) is 1.48. The predicted molar refractivity (Wildman–Crippen MR) is 69.5 cm³/mol. The van der Waals surface area contributed by atoms with Gasteiger partial charge >= 0.3 is 0 Å². The fourth-order valence-electron chi connectivity index (χ4n) is 2.46. The summed E-state index contributed by atoms with van der Waals surface area (Å²) in [5.41, 5.74) is 0. The Bertz CT molecular complexity index is 499. The molecule has 0 unspecified atom stereocenters. The summed E-state index contributed by atoms with van der Waals surface area (Å²) in [6, 6.07) is 0. The highest BCUT2D eigenvalue weighted by molar-refractivity contribution is 7.89. The van der Waals surface area contributed by atoms with E-state index in [0.29, 0.717) is 29.8 Å². The normalized spacial score (nSPS) is 19.6. The lowest BCUT2D eigenvalue weighted by atomic mass is 9.87. The van der Waals surface area contributed by atoms with Crippen LogP contribution in [0.1, 0.15) is 26.7 Å². The summed E-state index contributed by atoms with van der Waals surface area (Å²) in [5, 5.41) is 3.93. The summed E-state index contributed by atoms with van der Waals surface area (Å²) in [6.07, 6.45) is 4.89. The highest BCUT2D eigenvalue weighted by Crippen LogP contribution is 2.27. The summed E-state index contributed by atoms with van der Waals surface area (Å²) in [4.78, 5) is 0.299. The van der Waals surface area contributed by atoms with E-state index in [0.717, 1.165) is 12.8 Å². The van der Waals surface area contributed by atoms with Crippen molar-refractivity contribution < 1.29 is 8.42 Å². The van der Waals surface area contributed by atoms with Gasteiger partial charge in [-0.25, -0.2) is 8.42 Å². The summed E-state index contributed by atoms with van der Waals surface area (Å²) in [5.74, 6) is 1.28. The van der Waals surface area contributed by atoms with Gasteiger partial charge in [0.1, 0.15) is 4.90 Å². The van der Waals surface area contributed by atoms with Crippen molar-refractivity contribution in [3.05, 3.63) is 12.4 Å². The van der Waals surface area contributed by atoms with Gasteiger partial charge in [-0.05, 0) is 24.7 Å². The molecule has 0 N–H and O–H groups in total. The van der Waals surface area contributed by atoms with E-state index in [4.69, 9.17) is 0 Å². The standard InChI is InChI=1S/C12H21N3O2S/c1-10(2)11-4-6-15(7-5-11)18(16,17)12-8-13-14(3)9-12/h8-11H,4-7H2,1-3H3. The third-order valence-electron chi connectivity index (χ3n) is 3.76. The second-order valence-electron chi connectivity index (χ2n) is 5.34. The van der Waals surface area contributed by atoms with Crippen LogP contribution < -0.4 is 0 Å². The highest BCUT2D eigenvalue weighted by atomic mass is 32.2. The van der Waals surface area contributed by atoms with Crippen molar-refractivity contribution in [3.8, 4) is 0 Å². The molecule has 0 aliphatic carbocycles. The van der Waals surface area contributed by atoms with Gasteiger partial charge in [0.25, 0.3) is 0 Å². The van der Waals surface area contributed by atoms with Gasteiger partial charge in [0, 0.05) is 26.3 Å². The molecule has 0 amide bonds. The molecule has 1 saturated heterocycles. The van der Waals surface area contributed by atoms with Crippen LogP contribution in [0.25, 0.3) is 0 Å². The van der Waals surface area contributed by atoms with Crippen molar-refractivity contribution in [2.24, 2.45) is 18.9 Å². The molecule has 0 bridgehead atoms. The van der Waals surface area contributed by atoms with Gasteiger partial charge in [-0.3, -0.25) is 4.68 Å². The zero-order chi connectivity index (χ0) is 13.3. The molecule has 1 aromatic heterocycles. The molecule has 1 aliphatic rings. The Hall–Kier alpha value is -0.880. The zero-order valence-electron chi connectivity index (χ0n) is 11.2. The SMILES string of the molecule is CC(C)C1CCN(S(=O)(=O)c2cnn(C)c2)CC1. The van der Waals surface area contributed by atoms with Gasteiger partial charge < -0.3 is 0 Å². The van der Waals surface area contributed by atoms with Crippen molar-refractivity contribution in [3.63, 3.8) is 0 Å². The maximum atomic E-state index is 12.3. The van der Waals surface area contributed by atoms with Crippen LogP contribution >= 0.6 is 0 Å². The van der Waals surface area contributed by atoms with Crippen LogP contribution in [0.4, 0.5) is 0 Å². The lowest BCUT2D eigenvalue weighted by Crippen LogP contribution is -2.39. The molecule has 0 radical (unpaired) electrons. The van der Waals surface area contributed by atoms with Crippen LogP contribution in [0.2, 0.25) is 0 Å². The molecule has 2 rings (SSSR count). The van der Waals surface area contributed by atoms with E-state index < -0.39 is 10.0 Å². The van der Waals surface area contributed by atoms with E-state index in [2.05, 4.69) is 18.9 Å². The second kappa shape index (κ2) is 5.01. The van der Waals surface area contributed by atoms with E-state index in [1.807, 2.05) is 0 Å². The monoisotopic (exact) mass is 271 g/mol. The molecule has 102 valence electrons. The Balaban J connectivity index is 2.09. The number of hydrogen-bond donors (Lipinski definition) is 0. The van der Waals surface area contributed by atoms with Gasteiger partial charge in [0.2, 0.25) is 10.0 Å². The van der Waals surface area contributed by atoms with Crippen LogP contribution in [-0.2, 0) is 17.1 Å². The third-order valence-corrected chi connectivity index (χ3v) is 5.61. The van der Waals surface area contributed by atoms with Crippen LogP contribution in [0, 0.1) is 11.8 Å². The molecule has 5 nitrogen and oxygen atoms in total. The fraction of sp³-hybridized carbons (Fsp3) is 0.750. The molecule has 0 aromatic carbocycles.